The van der Waals surface area contributed by atoms with E-state index in [2.05, 4.69) is 20.6 Å². The van der Waals surface area contributed by atoms with Gasteiger partial charge in [-0.25, -0.2) is 9.78 Å². The Morgan fingerprint density at radius 1 is 1.04 bits per heavy atom. The highest BCUT2D eigenvalue weighted by Gasteiger charge is 2.07. The molecule has 0 radical (unpaired) electrons. The summed E-state index contributed by atoms with van der Waals surface area (Å²) < 4.78 is 10.3. The lowest BCUT2D eigenvalue weighted by Gasteiger charge is -2.11. The fourth-order valence-electron chi connectivity index (χ4n) is 2.41. The second-order valence-electron chi connectivity index (χ2n) is 5.51. The first kappa shape index (κ1) is 18.2. The number of ether oxygens (including phenoxy) is 2. The number of nitrogens with one attached hydrogen (secondary N) is 2. The largest absolute Gasteiger partial charge is 0.495 e. The monoisotopic (exact) mass is 364 g/mol. The van der Waals surface area contributed by atoms with Gasteiger partial charge >= 0.3 is 5.97 Å². The molecular formula is C20H20N4O3. The van der Waals surface area contributed by atoms with Crippen LogP contribution in [0.3, 0.4) is 0 Å². The predicted octanol–water partition coefficient (Wildman–Crippen LogP) is 4.15. The Balaban J connectivity index is 1.71. The molecule has 7 nitrogen and oxygen atoms in total. The Kier molecular flexibility index (Phi) is 5.84. The van der Waals surface area contributed by atoms with Gasteiger partial charge in [-0.3, -0.25) is 0 Å². The molecule has 0 unspecified atom stereocenters. The lowest BCUT2D eigenvalue weighted by Crippen LogP contribution is -2.04. The molecule has 0 spiro atoms. The lowest BCUT2D eigenvalue weighted by molar-refractivity contribution is 0.0526. The van der Waals surface area contributed by atoms with Crippen molar-refractivity contribution in [2.75, 3.05) is 24.4 Å². The number of carbonyl (C=O) groups is 1. The van der Waals surface area contributed by atoms with Crippen LogP contribution in [0, 0.1) is 0 Å². The maximum atomic E-state index is 11.7. The number of nitrogens with zero attached hydrogens (tertiary/aromatic N) is 2. The molecule has 3 aromatic rings. The van der Waals surface area contributed by atoms with Gasteiger partial charge in [0.2, 0.25) is 5.95 Å². The maximum absolute atomic E-state index is 11.7. The average molecular weight is 364 g/mol. The summed E-state index contributed by atoms with van der Waals surface area (Å²) in [5.74, 6) is 1.42. The Morgan fingerprint density at radius 3 is 2.56 bits per heavy atom. The van der Waals surface area contributed by atoms with E-state index in [1.165, 1.54) is 0 Å². The second-order valence-corrected chi connectivity index (χ2v) is 5.51. The van der Waals surface area contributed by atoms with E-state index in [1.807, 2.05) is 24.3 Å². The molecule has 0 aliphatic heterocycles. The van der Waals surface area contributed by atoms with Crippen LogP contribution in [0.5, 0.6) is 5.75 Å². The summed E-state index contributed by atoms with van der Waals surface area (Å²) in [7, 11) is 1.61. The first-order valence-corrected chi connectivity index (χ1v) is 8.47. The van der Waals surface area contributed by atoms with Crippen molar-refractivity contribution < 1.29 is 14.3 Å². The third-order valence-electron chi connectivity index (χ3n) is 3.68. The summed E-state index contributed by atoms with van der Waals surface area (Å²) in [6.07, 6.45) is 1.65. The molecule has 2 N–H and O–H groups in total. The van der Waals surface area contributed by atoms with Gasteiger partial charge in [-0.05, 0) is 49.4 Å². The van der Waals surface area contributed by atoms with Crippen LogP contribution in [-0.2, 0) is 4.74 Å². The van der Waals surface area contributed by atoms with Crippen LogP contribution >= 0.6 is 0 Å². The second kappa shape index (κ2) is 8.66. The molecule has 1 aromatic heterocycles. The first-order chi connectivity index (χ1) is 13.2. The normalized spacial score (nSPS) is 10.1. The summed E-state index contributed by atoms with van der Waals surface area (Å²) >= 11 is 0. The SMILES string of the molecule is CCOC(=O)c1ccc(Nc2ccnc(Nc3ccccc3OC)n2)cc1. The van der Waals surface area contributed by atoms with Crippen molar-refractivity contribution in [3.05, 3.63) is 66.4 Å². The Labute approximate surface area is 157 Å². The van der Waals surface area contributed by atoms with Gasteiger partial charge < -0.3 is 20.1 Å². The molecule has 0 aliphatic rings. The molecule has 138 valence electrons. The van der Waals surface area contributed by atoms with Crippen molar-refractivity contribution in [3.8, 4) is 5.75 Å². The number of hydrogen-bond donors (Lipinski definition) is 2. The lowest BCUT2D eigenvalue weighted by atomic mass is 10.2. The number of anilines is 4. The molecule has 0 saturated heterocycles. The Hall–Kier alpha value is -3.61. The number of carbonyl (C=O) groups excluding carboxylic acids is 1. The number of esters is 1. The molecule has 7 heteroatoms. The minimum atomic E-state index is -0.339. The highest BCUT2D eigenvalue weighted by atomic mass is 16.5. The number of para-hydroxylation sites is 2. The van der Waals surface area contributed by atoms with Crippen molar-refractivity contribution in [3.63, 3.8) is 0 Å². The molecule has 27 heavy (non-hydrogen) atoms. The maximum Gasteiger partial charge on any atom is 0.338 e. The predicted molar refractivity (Wildman–Crippen MR) is 104 cm³/mol. The van der Waals surface area contributed by atoms with Crippen LogP contribution in [0.25, 0.3) is 0 Å². The number of aromatic nitrogens is 2. The topological polar surface area (TPSA) is 85.4 Å². The van der Waals surface area contributed by atoms with Crippen molar-refractivity contribution in [2.45, 2.75) is 6.92 Å². The molecule has 0 amide bonds. The summed E-state index contributed by atoms with van der Waals surface area (Å²) in [6.45, 7) is 2.13. The third-order valence-corrected chi connectivity index (χ3v) is 3.68. The molecule has 1 heterocycles. The minimum absolute atomic E-state index is 0.339. The molecule has 0 bridgehead atoms. The molecule has 0 saturated carbocycles. The van der Waals surface area contributed by atoms with E-state index in [-0.39, 0.29) is 5.97 Å². The fraction of sp³-hybridized carbons (Fsp3) is 0.150. The minimum Gasteiger partial charge on any atom is -0.495 e. The van der Waals surface area contributed by atoms with Crippen molar-refractivity contribution in [2.24, 2.45) is 0 Å². The molecular weight excluding hydrogens is 344 g/mol. The van der Waals surface area contributed by atoms with E-state index in [4.69, 9.17) is 9.47 Å². The van der Waals surface area contributed by atoms with Crippen molar-refractivity contribution in [1.82, 2.24) is 9.97 Å². The van der Waals surface area contributed by atoms with Gasteiger partial charge in [-0.1, -0.05) is 12.1 Å². The molecule has 2 aromatic carbocycles. The summed E-state index contributed by atoms with van der Waals surface area (Å²) in [6, 6.07) is 16.3. The standard InChI is InChI=1S/C20H20N4O3/c1-3-27-19(25)14-8-10-15(11-9-14)22-18-12-13-21-20(24-18)23-16-6-4-5-7-17(16)26-2/h4-13H,3H2,1-2H3,(H2,21,22,23,24). The van der Waals surface area contributed by atoms with E-state index in [0.717, 1.165) is 11.4 Å². The van der Waals surface area contributed by atoms with Gasteiger partial charge in [0.25, 0.3) is 0 Å². The quantitative estimate of drug-likeness (QED) is 0.609. The van der Waals surface area contributed by atoms with Crippen molar-refractivity contribution in [1.29, 1.82) is 0 Å². The van der Waals surface area contributed by atoms with Crippen LogP contribution in [0.4, 0.5) is 23.1 Å². The van der Waals surface area contributed by atoms with Crippen molar-refractivity contribution >= 4 is 29.1 Å². The van der Waals surface area contributed by atoms with Crippen LogP contribution in [0.15, 0.2) is 60.8 Å². The first-order valence-electron chi connectivity index (χ1n) is 8.47. The van der Waals surface area contributed by atoms with Gasteiger partial charge in [0.15, 0.2) is 0 Å². The summed E-state index contributed by atoms with van der Waals surface area (Å²) in [5, 5.41) is 6.32. The number of methoxy groups -OCH3 is 1. The number of benzene rings is 2. The zero-order valence-corrected chi connectivity index (χ0v) is 15.1. The number of hydrogen-bond acceptors (Lipinski definition) is 7. The highest BCUT2D eigenvalue weighted by molar-refractivity contribution is 5.89. The van der Waals surface area contributed by atoms with E-state index in [0.29, 0.717) is 29.7 Å². The summed E-state index contributed by atoms with van der Waals surface area (Å²) in [5.41, 5.74) is 2.07. The van der Waals surface area contributed by atoms with Gasteiger partial charge in [0.1, 0.15) is 11.6 Å². The Bertz CT molecular complexity index is 913. The average Bonchev–Trinajstić information content (AvgIpc) is 2.69. The zero-order chi connectivity index (χ0) is 19.1. The van der Waals surface area contributed by atoms with E-state index in [1.54, 1.807) is 50.6 Å². The van der Waals surface area contributed by atoms with Crippen LogP contribution in [0.1, 0.15) is 17.3 Å². The fourth-order valence-corrected chi connectivity index (χ4v) is 2.41. The Morgan fingerprint density at radius 2 is 1.81 bits per heavy atom. The third kappa shape index (κ3) is 4.72. The van der Waals surface area contributed by atoms with E-state index >= 15 is 0 Å². The smallest absolute Gasteiger partial charge is 0.338 e. The molecule has 0 atom stereocenters. The van der Waals surface area contributed by atoms with Gasteiger partial charge in [0, 0.05) is 11.9 Å². The van der Waals surface area contributed by atoms with Crippen LogP contribution in [0.2, 0.25) is 0 Å². The van der Waals surface area contributed by atoms with E-state index < -0.39 is 0 Å². The van der Waals surface area contributed by atoms with Gasteiger partial charge in [-0.15, -0.1) is 0 Å². The number of rotatable bonds is 7. The molecule has 0 aliphatic carbocycles. The summed E-state index contributed by atoms with van der Waals surface area (Å²) in [4.78, 5) is 20.4. The van der Waals surface area contributed by atoms with E-state index in [9.17, 15) is 4.79 Å². The van der Waals surface area contributed by atoms with Gasteiger partial charge in [0.05, 0.1) is 25.0 Å². The highest BCUT2D eigenvalue weighted by Crippen LogP contribution is 2.26. The molecule has 0 fully saturated rings. The van der Waals surface area contributed by atoms with Crippen LogP contribution in [-0.4, -0.2) is 29.7 Å². The zero-order valence-electron chi connectivity index (χ0n) is 15.1. The molecule has 3 rings (SSSR count). The van der Waals surface area contributed by atoms with Gasteiger partial charge in [-0.2, -0.15) is 4.98 Å². The van der Waals surface area contributed by atoms with Crippen LogP contribution < -0.4 is 15.4 Å².